The second kappa shape index (κ2) is 8.72. The van der Waals surface area contributed by atoms with Crippen LogP contribution < -0.4 is 5.32 Å². The van der Waals surface area contributed by atoms with Crippen LogP contribution in [0.3, 0.4) is 0 Å². The first kappa shape index (κ1) is 20.6. The monoisotopic (exact) mass is 451 g/mol. The zero-order valence-electron chi connectivity index (χ0n) is 18.4. The first-order valence-electron chi connectivity index (χ1n) is 11.3. The molecule has 0 spiro atoms. The molecule has 0 bridgehead atoms. The molecular formula is C26H22FN7. The van der Waals surface area contributed by atoms with Gasteiger partial charge in [-0.25, -0.2) is 14.4 Å². The van der Waals surface area contributed by atoms with Crippen LogP contribution >= 0.6 is 0 Å². The molecule has 0 atom stereocenters. The lowest BCUT2D eigenvalue weighted by molar-refractivity contribution is 0.343. The Morgan fingerprint density at radius 3 is 2.59 bits per heavy atom. The summed E-state index contributed by atoms with van der Waals surface area (Å²) in [6, 6.07) is 10.9. The Morgan fingerprint density at radius 2 is 1.71 bits per heavy atom. The van der Waals surface area contributed by atoms with Gasteiger partial charge in [0.25, 0.3) is 0 Å². The number of hydrogen-bond donors (Lipinski definition) is 1. The predicted octanol–water partition coefficient (Wildman–Crippen LogP) is 4.68. The van der Waals surface area contributed by atoms with Crippen molar-refractivity contribution in [1.29, 1.82) is 0 Å². The van der Waals surface area contributed by atoms with E-state index in [1.807, 2.05) is 18.5 Å². The van der Waals surface area contributed by atoms with Crippen molar-refractivity contribution >= 4 is 11.2 Å². The minimum absolute atomic E-state index is 0.332. The highest BCUT2D eigenvalue weighted by Crippen LogP contribution is 2.33. The van der Waals surface area contributed by atoms with Gasteiger partial charge in [0.2, 0.25) is 0 Å². The lowest BCUT2D eigenvalue weighted by Crippen LogP contribution is -2.29. The van der Waals surface area contributed by atoms with Crippen LogP contribution in [0.25, 0.3) is 44.7 Å². The van der Waals surface area contributed by atoms with Crippen LogP contribution in [0.4, 0.5) is 4.39 Å². The molecule has 0 amide bonds. The van der Waals surface area contributed by atoms with Gasteiger partial charge in [-0.2, -0.15) is 5.10 Å². The van der Waals surface area contributed by atoms with E-state index >= 15 is 0 Å². The van der Waals surface area contributed by atoms with Gasteiger partial charge in [0.1, 0.15) is 11.3 Å². The van der Waals surface area contributed by atoms with E-state index in [-0.39, 0.29) is 5.82 Å². The highest BCUT2D eigenvalue weighted by molar-refractivity contribution is 5.92. The van der Waals surface area contributed by atoms with Crippen molar-refractivity contribution in [2.45, 2.75) is 18.9 Å². The van der Waals surface area contributed by atoms with Gasteiger partial charge in [-0.05, 0) is 50.2 Å². The average Bonchev–Trinajstić information content (AvgIpc) is 3.40. The number of benzene rings is 1. The predicted molar refractivity (Wildman–Crippen MR) is 128 cm³/mol. The summed E-state index contributed by atoms with van der Waals surface area (Å²) in [7, 11) is 0. The molecule has 7 nitrogen and oxygen atoms in total. The van der Waals surface area contributed by atoms with Crippen molar-refractivity contribution in [3.05, 3.63) is 79.4 Å². The summed E-state index contributed by atoms with van der Waals surface area (Å²) in [4.78, 5) is 18.0. The second-order valence-electron chi connectivity index (χ2n) is 8.42. The highest BCUT2D eigenvalue weighted by Gasteiger charge is 2.17. The standard InChI is InChI=1S/C26H22FN7/c27-23-4-2-1-3-21(23)24-12-22(25-26(33-24)31-10-9-30-25)18-11-17(13-29-14-18)19-15-32-34(16-19)20-5-7-28-8-6-20/h1-4,9-16,20,28H,5-8H2. The Labute approximate surface area is 195 Å². The fourth-order valence-electron chi connectivity index (χ4n) is 4.48. The molecule has 1 fully saturated rings. The SMILES string of the molecule is Fc1ccccc1-c1cc(-c2cncc(-c3cnn(C4CCNCC4)c3)c2)c2nccnc2n1. The fraction of sp³-hybridized carbons (Fsp3) is 0.192. The van der Waals surface area contributed by atoms with E-state index in [1.165, 1.54) is 6.07 Å². The molecular weight excluding hydrogens is 429 g/mol. The van der Waals surface area contributed by atoms with Gasteiger partial charge in [-0.1, -0.05) is 12.1 Å². The largest absolute Gasteiger partial charge is 0.317 e. The minimum Gasteiger partial charge on any atom is -0.317 e. The molecule has 1 aromatic carbocycles. The molecule has 1 N–H and O–H groups in total. The number of nitrogens with one attached hydrogen (secondary N) is 1. The minimum atomic E-state index is -0.332. The Morgan fingerprint density at radius 1 is 0.882 bits per heavy atom. The summed E-state index contributed by atoms with van der Waals surface area (Å²) >= 11 is 0. The van der Waals surface area contributed by atoms with Crippen LogP contribution in [0.5, 0.6) is 0 Å². The van der Waals surface area contributed by atoms with Gasteiger partial charge in [0.15, 0.2) is 5.65 Å². The Hall–Kier alpha value is -4.04. The summed E-state index contributed by atoms with van der Waals surface area (Å²) in [6.07, 6.45) is 13.0. The molecule has 34 heavy (non-hydrogen) atoms. The van der Waals surface area contributed by atoms with Gasteiger partial charge in [-0.3, -0.25) is 14.6 Å². The lowest BCUT2D eigenvalue weighted by Gasteiger charge is -2.22. The quantitative estimate of drug-likeness (QED) is 0.427. The summed E-state index contributed by atoms with van der Waals surface area (Å²) in [5.74, 6) is -0.332. The van der Waals surface area contributed by atoms with Gasteiger partial charge >= 0.3 is 0 Å². The summed E-state index contributed by atoms with van der Waals surface area (Å²) in [6.45, 7) is 2.02. The number of hydrogen-bond acceptors (Lipinski definition) is 6. The van der Waals surface area contributed by atoms with E-state index in [0.717, 1.165) is 48.2 Å². The number of fused-ring (bicyclic) bond motifs is 1. The molecule has 5 aromatic rings. The summed E-state index contributed by atoms with van der Waals surface area (Å²) < 4.78 is 16.6. The third kappa shape index (κ3) is 3.82. The molecule has 1 saturated heterocycles. The Kier molecular flexibility index (Phi) is 5.27. The van der Waals surface area contributed by atoms with Crippen LogP contribution in [-0.2, 0) is 0 Å². The first-order chi connectivity index (χ1) is 16.8. The van der Waals surface area contributed by atoms with E-state index in [2.05, 4.69) is 47.3 Å². The van der Waals surface area contributed by atoms with Gasteiger partial charge in [-0.15, -0.1) is 0 Å². The average molecular weight is 452 g/mol. The second-order valence-corrected chi connectivity index (χ2v) is 8.42. The topological polar surface area (TPSA) is 81.4 Å². The van der Waals surface area contributed by atoms with Gasteiger partial charge in [0.05, 0.1) is 17.9 Å². The van der Waals surface area contributed by atoms with Crippen LogP contribution in [0.15, 0.2) is 73.6 Å². The summed E-state index contributed by atoms with van der Waals surface area (Å²) in [5.41, 5.74) is 5.66. The third-order valence-electron chi connectivity index (χ3n) is 6.26. The van der Waals surface area contributed by atoms with Crippen LogP contribution in [0.1, 0.15) is 18.9 Å². The molecule has 0 saturated carbocycles. The van der Waals surface area contributed by atoms with Crippen LogP contribution in [-0.4, -0.2) is 42.8 Å². The van der Waals surface area contributed by atoms with Crippen molar-refractivity contribution in [3.63, 3.8) is 0 Å². The van der Waals surface area contributed by atoms with Crippen LogP contribution in [0, 0.1) is 5.82 Å². The molecule has 0 aliphatic carbocycles. The summed E-state index contributed by atoms with van der Waals surface area (Å²) in [5, 5.41) is 8.01. The van der Waals surface area contributed by atoms with E-state index in [1.54, 1.807) is 36.8 Å². The fourth-order valence-corrected chi connectivity index (χ4v) is 4.48. The molecule has 5 heterocycles. The van der Waals surface area contributed by atoms with Crippen molar-refractivity contribution in [2.75, 3.05) is 13.1 Å². The normalized spacial score (nSPS) is 14.5. The molecule has 8 heteroatoms. The van der Waals surface area contributed by atoms with Crippen molar-refractivity contribution in [2.24, 2.45) is 0 Å². The maximum Gasteiger partial charge on any atom is 0.179 e. The molecule has 4 aromatic heterocycles. The lowest BCUT2D eigenvalue weighted by atomic mass is 10.0. The number of piperidine rings is 1. The third-order valence-corrected chi connectivity index (χ3v) is 6.26. The number of rotatable bonds is 4. The highest BCUT2D eigenvalue weighted by atomic mass is 19.1. The number of nitrogens with zero attached hydrogens (tertiary/aromatic N) is 6. The van der Waals surface area contributed by atoms with Crippen molar-refractivity contribution < 1.29 is 4.39 Å². The number of pyridine rings is 2. The maximum absolute atomic E-state index is 14.5. The zero-order valence-corrected chi connectivity index (χ0v) is 18.4. The smallest absolute Gasteiger partial charge is 0.179 e. The molecule has 1 aliphatic heterocycles. The molecule has 0 unspecified atom stereocenters. The van der Waals surface area contributed by atoms with Crippen molar-refractivity contribution in [3.8, 4) is 33.5 Å². The first-order valence-corrected chi connectivity index (χ1v) is 11.3. The molecule has 0 radical (unpaired) electrons. The van der Waals surface area contributed by atoms with E-state index in [4.69, 9.17) is 0 Å². The number of aromatic nitrogens is 6. The van der Waals surface area contributed by atoms with E-state index in [0.29, 0.717) is 28.5 Å². The maximum atomic E-state index is 14.5. The Balaban J connectivity index is 1.44. The number of halogens is 1. The van der Waals surface area contributed by atoms with E-state index in [9.17, 15) is 4.39 Å². The molecule has 168 valence electrons. The molecule has 6 rings (SSSR count). The van der Waals surface area contributed by atoms with Crippen LogP contribution in [0.2, 0.25) is 0 Å². The Bertz CT molecular complexity index is 1470. The van der Waals surface area contributed by atoms with E-state index < -0.39 is 0 Å². The van der Waals surface area contributed by atoms with Gasteiger partial charge < -0.3 is 5.32 Å². The molecule has 1 aliphatic rings. The van der Waals surface area contributed by atoms with Crippen molar-refractivity contribution in [1.82, 2.24) is 35.0 Å². The zero-order chi connectivity index (χ0) is 22.9. The van der Waals surface area contributed by atoms with Gasteiger partial charge in [0, 0.05) is 58.8 Å².